The van der Waals surface area contributed by atoms with Gasteiger partial charge in [-0.2, -0.15) is 53.2 Å². The zero-order valence-corrected chi connectivity index (χ0v) is 46.5. The average Bonchev–Trinajstić information content (AvgIpc) is 4.20. The zero-order chi connectivity index (χ0) is 58.5. The molecular weight excluding hydrogens is 1180 g/mol. The molecule has 9 rings (SSSR count). The topological polar surface area (TPSA) is 502 Å². The predicted octanol–water partition coefficient (Wildman–Crippen LogP) is -4.02. The molecule has 0 radical (unpaired) electrons. The van der Waals surface area contributed by atoms with Crippen molar-refractivity contribution in [3.05, 3.63) is 0 Å². The van der Waals surface area contributed by atoms with Crippen molar-refractivity contribution in [2.45, 2.75) is 138 Å². The van der Waals surface area contributed by atoms with Crippen molar-refractivity contribution in [3.63, 3.8) is 0 Å². The molecule has 38 nitrogen and oxygen atoms in total. The minimum absolute atomic E-state index is 0.0499. The van der Waals surface area contributed by atoms with Crippen molar-refractivity contribution in [1.29, 1.82) is 4.78 Å². The summed E-state index contributed by atoms with van der Waals surface area (Å²) in [6, 6.07) is -7.25. The summed E-state index contributed by atoms with van der Waals surface area (Å²) in [5, 5.41) is 12.4. The number of urea groups is 3. The van der Waals surface area contributed by atoms with E-state index in [9.17, 15) is 62.4 Å². The number of piperidine rings is 3. The minimum Gasteiger partial charge on any atom is -0.376 e. The number of hydrogen-bond donors (Lipinski definition) is 9. The number of amides is 9. The van der Waals surface area contributed by atoms with Gasteiger partial charge in [0.1, 0.15) is 24.7 Å². The van der Waals surface area contributed by atoms with E-state index in [0.29, 0.717) is 66.9 Å². The van der Waals surface area contributed by atoms with Crippen molar-refractivity contribution >= 4 is 88.3 Å². The van der Waals surface area contributed by atoms with Crippen LogP contribution in [-0.4, -0.2) is 235 Å². The van der Waals surface area contributed by atoms with E-state index in [-0.39, 0.29) is 71.0 Å². The summed E-state index contributed by atoms with van der Waals surface area (Å²) >= 11 is -1.11. The first kappa shape index (κ1) is 63.2. The Bertz CT molecular complexity index is 2790. The lowest BCUT2D eigenvalue weighted by atomic mass is 10.0. The molecule has 0 aromatic heterocycles. The van der Waals surface area contributed by atoms with Gasteiger partial charge in [-0.3, -0.25) is 52.5 Å². The number of carbonyl (C=O) groups is 6. The fraction of sp³-hybridized carbons (Fsp3) is 0.838. The van der Waals surface area contributed by atoms with Crippen molar-refractivity contribution in [3.8, 4) is 0 Å². The second kappa shape index (κ2) is 26.5. The van der Waals surface area contributed by atoms with Crippen molar-refractivity contribution in [2.24, 2.45) is 10.3 Å². The van der Waals surface area contributed by atoms with Crippen molar-refractivity contribution < 1.29 is 108 Å². The molecule has 0 aliphatic carbocycles. The Morgan fingerprint density at radius 1 is 0.562 bits per heavy atom. The lowest BCUT2D eigenvalue weighted by Gasteiger charge is -2.29. The molecule has 0 aromatic carbocycles. The summed E-state index contributed by atoms with van der Waals surface area (Å²) < 4.78 is 143. The first-order chi connectivity index (χ1) is 37.5. The van der Waals surface area contributed by atoms with Gasteiger partial charge in [0.15, 0.2) is 0 Å². The molecule has 80 heavy (non-hydrogen) atoms. The second-order valence-electron chi connectivity index (χ2n) is 19.6. The van der Waals surface area contributed by atoms with Gasteiger partial charge in [-0.1, -0.05) is 0 Å². The maximum atomic E-state index is 12.4. The standard InChI is InChI=1S/C13H21N3O8S.C12H22N6O7S2.C12H21N5O9S2/c17-12(14-23-8-10-3-1-2-6-22-10)11-5-4-9-7-15(11)13(18)16(9)24-25(19,20)21;13-26(14)17-5-1-2-9(17)7-24-15-11(19)10-4-3-8-6-16(10)12(20)18(8)25-27(21,22)23;13-27(20,21)16-5-1-2-9(16)7-25-14-11(18)10-4-3-8-6-15(10)12(19)17(8)26-28(22,23)24/h9-11H,1-8H2,(H,14,17)(H,19,20,21);8-10H,1-7H2,(H3,13,14)(H,15,19)(H,21,22,23);8-10H,1-7H2,(H,14,18)(H2,13,20,21)(H,22,23,24)/t9-,10?,11+;2*8-,9?,10+/m111/s1. The van der Waals surface area contributed by atoms with E-state index >= 15 is 0 Å². The minimum atomic E-state index is -4.87. The number of nitrogens with zero attached hydrogens (tertiary/aromatic N) is 8. The highest BCUT2D eigenvalue weighted by atomic mass is 32.3. The van der Waals surface area contributed by atoms with Crippen LogP contribution in [0.15, 0.2) is 0 Å². The van der Waals surface area contributed by atoms with Crippen LogP contribution in [0.25, 0.3) is 0 Å². The van der Waals surface area contributed by atoms with Crippen LogP contribution in [0.3, 0.4) is 0 Å². The number of ether oxygens (including phenoxy) is 1. The van der Waals surface area contributed by atoms with E-state index in [4.69, 9.17) is 48.0 Å². The van der Waals surface area contributed by atoms with Gasteiger partial charge < -0.3 is 19.4 Å². The third kappa shape index (κ3) is 16.4. The Labute approximate surface area is 461 Å². The number of hydrogen-bond acceptors (Lipinski definition) is 22. The molecule has 9 amide bonds. The van der Waals surface area contributed by atoms with E-state index in [1.54, 1.807) is 4.31 Å². The molecule has 9 aliphatic heterocycles. The fourth-order valence-corrected chi connectivity index (χ4v) is 13.6. The molecule has 9 heterocycles. The highest BCUT2D eigenvalue weighted by Crippen LogP contribution is 2.34. The maximum absolute atomic E-state index is 12.4. The number of hydroxylamine groups is 9. The highest BCUT2D eigenvalue weighted by Gasteiger charge is 2.52. The van der Waals surface area contributed by atoms with Gasteiger partial charge >= 0.3 is 49.3 Å². The molecule has 6 bridgehead atoms. The van der Waals surface area contributed by atoms with Gasteiger partial charge in [0.25, 0.3) is 27.9 Å². The molecule has 0 spiro atoms. The molecule has 9 fully saturated rings. The Kier molecular flexibility index (Phi) is 20.9. The van der Waals surface area contributed by atoms with Crippen molar-refractivity contribution in [2.75, 3.05) is 59.2 Å². The quantitative estimate of drug-likeness (QED) is 0.0414. The molecule has 0 saturated carbocycles. The van der Waals surface area contributed by atoms with Crippen molar-refractivity contribution in [1.82, 2.24) is 54.9 Å². The third-order valence-electron chi connectivity index (χ3n) is 14.2. The number of nitrogens with two attached hydrogens (primary N) is 2. The lowest BCUT2D eigenvalue weighted by molar-refractivity contribution is -0.143. The first-order valence-electron chi connectivity index (χ1n) is 24.9. The van der Waals surface area contributed by atoms with E-state index in [0.717, 1.165) is 41.3 Å². The van der Waals surface area contributed by atoms with Crippen LogP contribution >= 0.6 is 0 Å². The number of rotatable bonds is 20. The Balaban J connectivity index is 0.000000174. The largest absolute Gasteiger partial charge is 0.418 e. The van der Waals surface area contributed by atoms with Crippen LogP contribution in [-0.2, 0) is 99.0 Å². The average molecular weight is 1250 g/mol. The number of nitrogens with one attached hydrogen (secondary N) is 4. The summed E-state index contributed by atoms with van der Waals surface area (Å²) in [6.07, 6.45) is 7.57. The fourth-order valence-electron chi connectivity index (χ4n) is 10.6. The normalized spacial score (nSPS) is 29.5. The van der Waals surface area contributed by atoms with Crippen LogP contribution in [0.4, 0.5) is 14.4 Å². The summed E-state index contributed by atoms with van der Waals surface area (Å²) in [5.41, 5.74) is 6.84. The summed E-state index contributed by atoms with van der Waals surface area (Å²) in [6.45, 7) is 2.25. The Hall–Kier alpha value is -4.39. The highest BCUT2D eigenvalue weighted by molar-refractivity contribution is 7.86. The third-order valence-corrected chi connectivity index (χ3v) is 17.4. The summed E-state index contributed by atoms with van der Waals surface area (Å²) in [7, 11) is -18.4. The Morgan fingerprint density at radius 3 is 1.32 bits per heavy atom. The summed E-state index contributed by atoms with van der Waals surface area (Å²) in [5.74, 6) is -1.66. The smallest absolute Gasteiger partial charge is 0.376 e. The molecular formula is C37H64N14O24S5. The number of carbonyl (C=O) groups excluding carboxylic acids is 6. The molecule has 10 atom stereocenters. The second-order valence-corrected chi connectivity index (χ2v) is 25.2. The lowest BCUT2D eigenvalue weighted by Crippen LogP contribution is -2.50. The number of fused-ring (bicyclic) bond motifs is 6. The van der Waals surface area contributed by atoms with E-state index in [1.807, 2.05) is 0 Å². The molecule has 9 aliphatic rings. The van der Waals surface area contributed by atoms with Crippen LogP contribution in [0.2, 0.25) is 0 Å². The van der Waals surface area contributed by atoms with Gasteiger partial charge in [-0.25, -0.2) is 40.3 Å². The van der Waals surface area contributed by atoms with Gasteiger partial charge in [-0.15, -0.1) is 12.9 Å². The predicted molar refractivity (Wildman–Crippen MR) is 263 cm³/mol. The zero-order valence-electron chi connectivity index (χ0n) is 42.4. The first-order valence-corrected chi connectivity index (χ1v) is 31.8. The van der Waals surface area contributed by atoms with E-state index < -0.39 is 131 Å². The van der Waals surface area contributed by atoms with Gasteiger partial charge in [0.2, 0.25) is 0 Å². The van der Waals surface area contributed by atoms with Gasteiger partial charge in [-0.05, 0) is 83.5 Å². The molecule has 0 aromatic rings. The molecule has 9 saturated heterocycles. The Morgan fingerprint density at radius 2 is 0.950 bits per heavy atom. The van der Waals surface area contributed by atoms with Crippen LogP contribution in [0, 0.1) is 4.78 Å². The van der Waals surface area contributed by atoms with Crippen LogP contribution in [0.5, 0.6) is 0 Å². The van der Waals surface area contributed by atoms with E-state index in [1.165, 1.54) is 9.80 Å². The van der Waals surface area contributed by atoms with Crippen LogP contribution < -0.4 is 26.7 Å². The maximum Gasteiger partial charge on any atom is 0.418 e. The molecule has 4 unspecified atom stereocenters. The molecule has 11 N–H and O–H groups in total. The monoisotopic (exact) mass is 1250 g/mol. The SMILES string of the molecule is N=S(N)N1CCCC1CONC(=O)[C@@H]1CC[C@@H]2CN1C(=O)N2OS(=O)(=O)O.NS(=O)(=O)N1CCCC1CONC(=O)[C@@H]1CC[C@@H]2CN1C(=O)N2OS(=O)(=O)O.O=C(NOCC1CCCCO1)[C@@H]1CC[C@@H]2CN1C(=O)N2OS(=O)(=O)O. The van der Waals surface area contributed by atoms with Gasteiger partial charge in [0, 0.05) is 56.4 Å². The van der Waals surface area contributed by atoms with Gasteiger partial charge in [0.05, 0.1) is 43.5 Å². The van der Waals surface area contributed by atoms with Crippen LogP contribution in [0.1, 0.15) is 83.5 Å². The van der Waals surface area contributed by atoms with E-state index in [2.05, 4.69) is 29.3 Å². The molecule has 43 heteroatoms. The summed E-state index contributed by atoms with van der Waals surface area (Å²) in [4.78, 5) is 92.8. The molecule has 456 valence electrons.